The number of hydrogen-bond donors (Lipinski definition) is 2. The minimum absolute atomic E-state index is 0.0744. The van der Waals surface area contributed by atoms with Gasteiger partial charge in [-0.25, -0.2) is 4.39 Å². The predicted molar refractivity (Wildman–Crippen MR) is 74.6 cm³/mol. The fraction of sp³-hybridized carbons (Fsp3) is 0.500. The van der Waals surface area contributed by atoms with Crippen LogP contribution in [0.5, 0.6) is 0 Å². The first-order valence-electron chi connectivity index (χ1n) is 6.68. The maximum absolute atomic E-state index is 14.2. The van der Waals surface area contributed by atoms with Crippen molar-refractivity contribution in [1.82, 2.24) is 0 Å². The second kappa shape index (κ2) is 5.24. The van der Waals surface area contributed by atoms with Gasteiger partial charge in [-0.05, 0) is 44.6 Å². The molecule has 3 heteroatoms. The summed E-state index contributed by atoms with van der Waals surface area (Å²) in [7, 11) is 0. The number of aliphatic hydroxyl groups excluding tert-OH is 2. The van der Waals surface area contributed by atoms with E-state index in [1.807, 2.05) is 13.8 Å². The Labute approximate surface area is 113 Å². The second-order valence-corrected chi connectivity index (χ2v) is 5.71. The number of halogens is 1. The van der Waals surface area contributed by atoms with E-state index in [0.717, 1.165) is 24.5 Å². The zero-order valence-corrected chi connectivity index (χ0v) is 11.4. The largest absolute Gasteiger partial charge is 0.512 e. The first-order chi connectivity index (χ1) is 8.90. The normalized spacial score (nSPS) is 35.2. The van der Waals surface area contributed by atoms with Crippen molar-refractivity contribution in [1.29, 1.82) is 0 Å². The van der Waals surface area contributed by atoms with Crippen molar-refractivity contribution < 1.29 is 14.6 Å². The van der Waals surface area contributed by atoms with Gasteiger partial charge in [0.15, 0.2) is 0 Å². The highest BCUT2D eigenvalue weighted by molar-refractivity contribution is 5.28. The van der Waals surface area contributed by atoms with E-state index in [1.54, 1.807) is 0 Å². The molecular formula is C16H21FO2. The molecule has 2 rings (SSSR count). The SMILES string of the molecule is C=C(C)[C@@H]1CCC(C)=C[C@H]1C1C(O)=CC(O)=CC1F. The Morgan fingerprint density at radius 3 is 2.63 bits per heavy atom. The van der Waals surface area contributed by atoms with E-state index in [2.05, 4.69) is 12.7 Å². The topological polar surface area (TPSA) is 40.5 Å². The maximum atomic E-state index is 14.2. The molecule has 0 saturated heterocycles. The van der Waals surface area contributed by atoms with Crippen molar-refractivity contribution in [3.05, 3.63) is 47.5 Å². The average molecular weight is 264 g/mol. The highest BCUT2D eigenvalue weighted by Crippen LogP contribution is 2.43. The number of rotatable bonds is 2. The van der Waals surface area contributed by atoms with Gasteiger partial charge in [0.2, 0.25) is 0 Å². The molecule has 0 radical (unpaired) electrons. The Morgan fingerprint density at radius 2 is 2.05 bits per heavy atom. The van der Waals surface area contributed by atoms with E-state index in [4.69, 9.17) is 0 Å². The van der Waals surface area contributed by atoms with E-state index >= 15 is 0 Å². The van der Waals surface area contributed by atoms with Gasteiger partial charge in [-0.15, -0.1) is 0 Å². The zero-order chi connectivity index (χ0) is 14.2. The summed E-state index contributed by atoms with van der Waals surface area (Å²) >= 11 is 0. The minimum atomic E-state index is -1.36. The van der Waals surface area contributed by atoms with Crippen LogP contribution < -0.4 is 0 Å². The molecule has 104 valence electrons. The standard InChI is InChI=1S/C16H21FO2/c1-9(2)12-5-4-10(3)6-13(12)16-14(17)7-11(18)8-15(16)19/h6-8,12-14,16,18-19H,1,4-5H2,2-3H3/t12-,13+,14?,16?/m0/s1. The second-order valence-electron chi connectivity index (χ2n) is 5.71. The van der Waals surface area contributed by atoms with Crippen LogP contribution in [-0.4, -0.2) is 16.4 Å². The molecule has 4 atom stereocenters. The molecule has 0 aromatic rings. The summed E-state index contributed by atoms with van der Waals surface area (Å²) in [5.74, 6) is -0.815. The molecule has 2 aliphatic rings. The highest BCUT2D eigenvalue weighted by atomic mass is 19.1. The molecule has 0 saturated carbocycles. The third-order valence-electron chi connectivity index (χ3n) is 4.15. The Balaban J connectivity index is 2.35. The highest BCUT2D eigenvalue weighted by Gasteiger charge is 2.39. The number of hydrogen-bond acceptors (Lipinski definition) is 2. The number of aliphatic hydroxyl groups is 2. The van der Waals surface area contributed by atoms with Crippen LogP contribution in [0.1, 0.15) is 26.7 Å². The fourth-order valence-electron chi connectivity index (χ4n) is 3.17. The van der Waals surface area contributed by atoms with Gasteiger partial charge < -0.3 is 10.2 Å². The molecule has 0 amide bonds. The first kappa shape index (κ1) is 13.9. The molecule has 19 heavy (non-hydrogen) atoms. The fourth-order valence-corrected chi connectivity index (χ4v) is 3.17. The van der Waals surface area contributed by atoms with Crippen molar-refractivity contribution in [3.63, 3.8) is 0 Å². The average Bonchev–Trinajstić information content (AvgIpc) is 2.27. The zero-order valence-electron chi connectivity index (χ0n) is 11.4. The molecule has 2 nitrogen and oxygen atoms in total. The van der Waals surface area contributed by atoms with Gasteiger partial charge in [0.05, 0.1) is 5.92 Å². The van der Waals surface area contributed by atoms with E-state index in [1.165, 1.54) is 11.6 Å². The number of allylic oxidation sites excluding steroid dienone is 6. The summed E-state index contributed by atoms with van der Waals surface area (Å²) in [6.07, 6.45) is 5.03. The lowest BCUT2D eigenvalue weighted by Crippen LogP contribution is -2.34. The molecule has 0 aromatic heterocycles. The van der Waals surface area contributed by atoms with Gasteiger partial charge in [-0.3, -0.25) is 0 Å². The van der Waals surface area contributed by atoms with Gasteiger partial charge in [0.1, 0.15) is 17.7 Å². The molecular weight excluding hydrogens is 243 g/mol. The molecule has 0 aliphatic heterocycles. The van der Waals surface area contributed by atoms with Gasteiger partial charge in [-0.1, -0.05) is 23.8 Å². The van der Waals surface area contributed by atoms with Crippen LogP contribution >= 0.6 is 0 Å². The summed E-state index contributed by atoms with van der Waals surface area (Å²) in [5, 5.41) is 19.4. The van der Waals surface area contributed by atoms with Crippen LogP contribution in [-0.2, 0) is 0 Å². The summed E-state index contributed by atoms with van der Waals surface area (Å²) in [6.45, 7) is 7.98. The van der Waals surface area contributed by atoms with E-state index in [-0.39, 0.29) is 23.4 Å². The van der Waals surface area contributed by atoms with E-state index in [9.17, 15) is 14.6 Å². The summed E-state index contributed by atoms with van der Waals surface area (Å²) < 4.78 is 14.2. The van der Waals surface area contributed by atoms with Gasteiger partial charge in [0.25, 0.3) is 0 Å². The third kappa shape index (κ3) is 2.75. The van der Waals surface area contributed by atoms with Crippen LogP contribution in [0.3, 0.4) is 0 Å². The van der Waals surface area contributed by atoms with Crippen molar-refractivity contribution >= 4 is 0 Å². The molecule has 0 bridgehead atoms. The first-order valence-corrected chi connectivity index (χ1v) is 6.68. The van der Waals surface area contributed by atoms with Crippen molar-refractivity contribution in [2.45, 2.75) is 32.9 Å². The van der Waals surface area contributed by atoms with Crippen LogP contribution in [0.15, 0.2) is 47.5 Å². The van der Waals surface area contributed by atoms with Crippen LogP contribution in [0.2, 0.25) is 0 Å². The van der Waals surface area contributed by atoms with Crippen LogP contribution in [0.25, 0.3) is 0 Å². The number of alkyl halides is 1. The molecule has 0 aromatic carbocycles. The Morgan fingerprint density at radius 1 is 1.37 bits per heavy atom. The smallest absolute Gasteiger partial charge is 0.132 e. The molecule has 2 N–H and O–H groups in total. The lowest BCUT2D eigenvalue weighted by molar-refractivity contribution is 0.154. The van der Waals surface area contributed by atoms with Crippen molar-refractivity contribution in [2.75, 3.05) is 0 Å². The summed E-state index contributed by atoms with van der Waals surface area (Å²) in [6, 6.07) is 0. The molecule has 0 spiro atoms. The van der Waals surface area contributed by atoms with E-state index in [0.29, 0.717) is 0 Å². The van der Waals surface area contributed by atoms with Crippen LogP contribution in [0.4, 0.5) is 4.39 Å². The van der Waals surface area contributed by atoms with Crippen molar-refractivity contribution in [2.24, 2.45) is 17.8 Å². The monoisotopic (exact) mass is 264 g/mol. The Bertz CT molecular complexity index is 473. The molecule has 0 fully saturated rings. The molecule has 0 heterocycles. The quantitative estimate of drug-likeness (QED) is 0.726. The lowest BCUT2D eigenvalue weighted by atomic mass is 9.69. The van der Waals surface area contributed by atoms with E-state index < -0.39 is 12.1 Å². The minimum Gasteiger partial charge on any atom is -0.512 e. The van der Waals surface area contributed by atoms with Gasteiger partial charge in [0, 0.05) is 6.08 Å². The Hall–Kier alpha value is -1.51. The van der Waals surface area contributed by atoms with Gasteiger partial charge >= 0.3 is 0 Å². The Kier molecular flexibility index (Phi) is 3.83. The molecule has 2 aliphatic carbocycles. The van der Waals surface area contributed by atoms with Crippen LogP contribution in [0, 0.1) is 17.8 Å². The lowest BCUT2D eigenvalue weighted by Gasteiger charge is -2.37. The van der Waals surface area contributed by atoms with Gasteiger partial charge in [-0.2, -0.15) is 0 Å². The van der Waals surface area contributed by atoms with Crippen molar-refractivity contribution in [3.8, 4) is 0 Å². The summed E-state index contributed by atoms with van der Waals surface area (Å²) in [5.41, 5.74) is 2.24. The molecule has 2 unspecified atom stereocenters. The summed E-state index contributed by atoms with van der Waals surface area (Å²) in [4.78, 5) is 0. The predicted octanol–water partition coefficient (Wildman–Crippen LogP) is 4.39. The third-order valence-corrected chi connectivity index (χ3v) is 4.15. The maximum Gasteiger partial charge on any atom is 0.132 e.